The van der Waals surface area contributed by atoms with Gasteiger partial charge in [0.25, 0.3) is 0 Å². The lowest BCUT2D eigenvalue weighted by Gasteiger charge is -2.27. The highest BCUT2D eigenvalue weighted by Crippen LogP contribution is 2.37. The zero-order valence-electron chi connectivity index (χ0n) is 14.3. The minimum Gasteiger partial charge on any atom is -0.485 e. The molecule has 0 N–H and O–H groups in total. The standard InChI is InChI=1S/C22H14N4O/c1-24-18-6-2-4-15(10-18)16-7-8-21-19(11-16)20(26-14-23)12-22(27-21)17-5-3-9-25-13-17/h2-11,13,22H,12H2/b26-20+. The topological polar surface area (TPSA) is 62.6 Å². The number of fused-ring (bicyclic) bond motifs is 1. The minimum absolute atomic E-state index is 0.227. The van der Waals surface area contributed by atoms with Gasteiger partial charge < -0.3 is 4.74 Å². The Kier molecular flexibility index (Phi) is 4.35. The van der Waals surface area contributed by atoms with Gasteiger partial charge in [0.1, 0.15) is 11.9 Å². The fourth-order valence-corrected chi connectivity index (χ4v) is 3.19. The second-order valence-corrected chi connectivity index (χ2v) is 6.13. The van der Waals surface area contributed by atoms with Gasteiger partial charge in [0.15, 0.2) is 5.69 Å². The predicted octanol–water partition coefficient (Wildman–Crippen LogP) is 5.09. The Hall–Kier alpha value is -3.96. The average molecular weight is 350 g/mol. The smallest absolute Gasteiger partial charge is 0.205 e. The van der Waals surface area contributed by atoms with E-state index in [9.17, 15) is 0 Å². The third kappa shape index (κ3) is 3.27. The van der Waals surface area contributed by atoms with Crippen molar-refractivity contribution in [1.82, 2.24) is 4.98 Å². The summed E-state index contributed by atoms with van der Waals surface area (Å²) in [7, 11) is 0. The molecule has 1 aromatic heterocycles. The summed E-state index contributed by atoms with van der Waals surface area (Å²) < 4.78 is 6.15. The van der Waals surface area contributed by atoms with Crippen LogP contribution >= 0.6 is 0 Å². The largest absolute Gasteiger partial charge is 0.485 e. The van der Waals surface area contributed by atoms with Gasteiger partial charge in [-0.2, -0.15) is 10.3 Å². The van der Waals surface area contributed by atoms with Crippen molar-refractivity contribution in [1.29, 1.82) is 5.26 Å². The van der Waals surface area contributed by atoms with Crippen LogP contribution in [0.15, 0.2) is 72.0 Å². The van der Waals surface area contributed by atoms with Crippen molar-refractivity contribution in [2.45, 2.75) is 12.5 Å². The van der Waals surface area contributed by atoms with Gasteiger partial charge in [-0.25, -0.2) is 4.85 Å². The van der Waals surface area contributed by atoms with E-state index in [1.54, 1.807) is 18.5 Å². The van der Waals surface area contributed by atoms with Gasteiger partial charge in [-0.3, -0.25) is 4.98 Å². The molecule has 1 aliphatic rings. The van der Waals surface area contributed by atoms with Crippen molar-refractivity contribution in [2.75, 3.05) is 0 Å². The molecule has 3 aromatic rings. The van der Waals surface area contributed by atoms with Crippen molar-refractivity contribution in [3.63, 3.8) is 0 Å². The number of aliphatic imine (C=N–C) groups is 1. The molecule has 0 radical (unpaired) electrons. The molecule has 27 heavy (non-hydrogen) atoms. The number of hydrogen-bond acceptors (Lipinski definition) is 4. The number of aromatic nitrogens is 1. The lowest BCUT2D eigenvalue weighted by Crippen LogP contribution is -2.21. The lowest BCUT2D eigenvalue weighted by atomic mass is 9.93. The van der Waals surface area contributed by atoms with Crippen LogP contribution in [0.1, 0.15) is 23.7 Å². The molecular formula is C22H14N4O. The summed E-state index contributed by atoms with van der Waals surface area (Å²) in [4.78, 5) is 11.7. The maximum atomic E-state index is 9.13. The Balaban J connectivity index is 1.76. The SMILES string of the molecule is [C-]#[N+]c1cccc(-c2ccc3c(c2)/C(=N/C#N)CC(c2cccnc2)O3)c1. The highest BCUT2D eigenvalue weighted by molar-refractivity contribution is 6.05. The normalized spacial score (nSPS) is 16.7. The first kappa shape index (κ1) is 16.5. The van der Waals surface area contributed by atoms with Crippen molar-refractivity contribution in [2.24, 2.45) is 4.99 Å². The Morgan fingerprint density at radius 3 is 2.81 bits per heavy atom. The molecule has 0 bridgehead atoms. The van der Waals surface area contributed by atoms with E-state index in [0.29, 0.717) is 23.6 Å². The van der Waals surface area contributed by atoms with E-state index in [4.69, 9.17) is 16.6 Å². The summed E-state index contributed by atoms with van der Waals surface area (Å²) in [5.74, 6) is 0.689. The Bertz CT molecular complexity index is 1110. The number of benzene rings is 2. The van der Waals surface area contributed by atoms with Crippen LogP contribution in [-0.4, -0.2) is 10.7 Å². The highest BCUT2D eigenvalue weighted by atomic mass is 16.5. The maximum Gasteiger partial charge on any atom is 0.205 e. The van der Waals surface area contributed by atoms with Crippen molar-refractivity contribution in [3.8, 4) is 23.1 Å². The van der Waals surface area contributed by atoms with Crippen LogP contribution in [0.3, 0.4) is 0 Å². The molecule has 1 unspecified atom stereocenters. The van der Waals surface area contributed by atoms with Gasteiger partial charge in [-0.1, -0.05) is 30.3 Å². The Morgan fingerprint density at radius 1 is 1.15 bits per heavy atom. The monoisotopic (exact) mass is 350 g/mol. The van der Waals surface area contributed by atoms with Crippen LogP contribution in [0.25, 0.3) is 16.0 Å². The van der Waals surface area contributed by atoms with Crippen molar-refractivity contribution >= 4 is 11.4 Å². The molecular weight excluding hydrogens is 336 g/mol. The number of rotatable bonds is 2. The molecule has 1 atom stereocenters. The summed E-state index contributed by atoms with van der Waals surface area (Å²) in [6, 6.07) is 17.1. The Labute approximate surface area is 157 Å². The zero-order valence-corrected chi connectivity index (χ0v) is 14.3. The summed E-state index contributed by atoms with van der Waals surface area (Å²) in [5.41, 5.74) is 4.93. The third-order valence-electron chi connectivity index (χ3n) is 4.49. The summed E-state index contributed by atoms with van der Waals surface area (Å²) in [6.45, 7) is 7.19. The van der Waals surface area contributed by atoms with Gasteiger partial charge in [0.05, 0.1) is 12.3 Å². The fraction of sp³-hybridized carbons (Fsp3) is 0.0909. The van der Waals surface area contributed by atoms with E-state index >= 15 is 0 Å². The molecule has 0 fully saturated rings. The van der Waals surface area contributed by atoms with Crippen LogP contribution in [0.4, 0.5) is 5.69 Å². The van der Waals surface area contributed by atoms with Crippen molar-refractivity contribution < 1.29 is 4.74 Å². The third-order valence-corrected chi connectivity index (χ3v) is 4.49. The summed E-state index contributed by atoms with van der Waals surface area (Å²) >= 11 is 0. The van der Waals surface area contributed by atoms with E-state index in [0.717, 1.165) is 22.3 Å². The van der Waals surface area contributed by atoms with Crippen LogP contribution in [0, 0.1) is 18.0 Å². The predicted molar refractivity (Wildman–Crippen MR) is 103 cm³/mol. The summed E-state index contributed by atoms with van der Waals surface area (Å²) in [5, 5.41) is 9.13. The number of pyridine rings is 1. The summed E-state index contributed by atoms with van der Waals surface area (Å²) in [6.07, 6.45) is 5.66. The maximum absolute atomic E-state index is 9.13. The molecule has 4 rings (SSSR count). The number of hydrogen-bond donors (Lipinski definition) is 0. The van der Waals surface area contributed by atoms with Gasteiger partial charge in [-0.15, -0.1) is 0 Å². The highest BCUT2D eigenvalue weighted by Gasteiger charge is 2.27. The fourth-order valence-electron chi connectivity index (χ4n) is 3.19. The average Bonchev–Trinajstić information content (AvgIpc) is 2.74. The quantitative estimate of drug-likeness (QED) is 0.477. The lowest BCUT2D eigenvalue weighted by molar-refractivity contribution is 0.206. The molecule has 2 aromatic carbocycles. The van der Waals surface area contributed by atoms with Crippen LogP contribution in [-0.2, 0) is 0 Å². The molecule has 1 aliphatic heterocycles. The van der Waals surface area contributed by atoms with E-state index in [2.05, 4.69) is 14.8 Å². The molecule has 0 spiro atoms. The molecule has 5 nitrogen and oxygen atoms in total. The van der Waals surface area contributed by atoms with E-state index in [1.165, 1.54) is 0 Å². The molecule has 0 amide bonds. The molecule has 0 aliphatic carbocycles. The minimum atomic E-state index is -0.227. The molecule has 0 saturated heterocycles. The first-order chi connectivity index (χ1) is 13.3. The molecule has 2 heterocycles. The zero-order chi connectivity index (χ0) is 18.6. The first-order valence-electron chi connectivity index (χ1n) is 8.43. The Morgan fingerprint density at radius 2 is 2.04 bits per heavy atom. The van der Waals surface area contributed by atoms with Gasteiger partial charge >= 0.3 is 0 Å². The molecule has 0 saturated carbocycles. The second kappa shape index (κ2) is 7.11. The van der Waals surface area contributed by atoms with E-state index < -0.39 is 0 Å². The molecule has 5 heteroatoms. The first-order valence-corrected chi connectivity index (χ1v) is 8.43. The van der Waals surface area contributed by atoms with Gasteiger partial charge in [0, 0.05) is 29.9 Å². The molecule has 128 valence electrons. The van der Waals surface area contributed by atoms with E-state index in [-0.39, 0.29) is 6.10 Å². The number of nitriles is 1. The van der Waals surface area contributed by atoms with Crippen molar-refractivity contribution in [3.05, 3.63) is 89.5 Å². The van der Waals surface area contributed by atoms with Crippen LogP contribution < -0.4 is 4.74 Å². The van der Waals surface area contributed by atoms with Gasteiger partial charge in [-0.05, 0) is 35.4 Å². The van der Waals surface area contributed by atoms with Crippen LogP contribution in [0.5, 0.6) is 5.75 Å². The van der Waals surface area contributed by atoms with Gasteiger partial charge in [0.2, 0.25) is 6.19 Å². The number of ether oxygens (including phenoxy) is 1. The number of nitrogens with zero attached hydrogens (tertiary/aromatic N) is 4. The van der Waals surface area contributed by atoms with Crippen LogP contribution in [0.2, 0.25) is 0 Å². The second-order valence-electron chi connectivity index (χ2n) is 6.13. The van der Waals surface area contributed by atoms with E-state index in [1.807, 2.05) is 54.7 Å².